The van der Waals surface area contributed by atoms with Crippen molar-refractivity contribution in [3.05, 3.63) is 0 Å². The van der Waals surface area contributed by atoms with E-state index in [4.69, 9.17) is 33.5 Å². The average molecular weight is 648 g/mol. The SMILES string of the molecule is C[C@@H](O)[C@H](NC(=O)[C@@H](N)CO)C(=O)NCC(=O)N[C@@H](CC(N)=O)C(=O)N[C@@H](CCCNC(=N)N)C(=O)N[C@@H](CC(N)=O)C(=O)O. The van der Waals surface area contributed by atoms with Crippen molar-refractivity contribution in [1.82, 2.24) is 31.9 Å². The minimum absolute atomic E-state index is 0.0552. The molecule has 0 aliphatic heterocycles. The molecular formula is C23H41N11O11. The predicted molar refractivity (Wildman–Crippen MR) is 152 cm³/mol. The molecule has 0 bridgehead atoms. The smallest absolute Gasteiger partial charge is 0.326 e. The Morgan fingerprint density at radius 3 is 1.78 bits per heavy atom. The molecule has 0 unspecified atom stereocenters. The van der Waals surface area contributed by atoms with Crippen LogP contribution in [0.3, 0.4) is 0 Å². The second kappa shape index (κ2) is 20.0. The minimum Gasteiger partial charge on any atom is -0.480 e. The molecule has 0 aliphatic rings. The van der Waals surface area contributed by atoms with Crippen LogP contribution in [0.15, 0.2) is 0 Å². The molecule has 0 saturated heterocycles. The van der Waals surface area contributed by atoms with Crippen LogP contribution in [0.5, 0.6) is 0 Å². The average Bonchev–Trinajstić information content (AvgIpc) is 2.93. The molecule has 22 nitrogen and oxygen atoms in total. The summed E-state index contributed by atoms with van der Waals surface area (Å²) in [6.07, 6.45) is -3.10. The Hall–Kier alpha value is -5.09. The van der Waals surface area contributed by atoms with Gasteiger partial charge < -0.3 is 70.2 Å². The van der Waals surface area contributed by atoms with Gasteiger partial charge in [-0.25, -0.2) is 4.79 Å². The lowest BCUT2D eigenvalue weighted by atomic mass is 10.1. The van der Waals surface area contributed by atoms with Gasteiger partial charge >= 0.3 is 5.97 Å². The third kappa shape index (κ3) is 16.4. The topological polar surface area (TPSA) is 397 Å². The van der Waals surface area contributed by atoms with Gasteiger partial charge in [0.1, 0.15) is 30.2 Å². The lowest BCUT2D eigenvalue weighted by molar-refractivity contribution is -0.144. The summed E-state index contributed by atoms with van der Waals surface area (Å²) < 4.78 is 0. The highest BCUT2D eigenvalue weighted by atomic mass is 16.4. The van der Waals surface area contributed by atoms with Crippen LogP contribution in [-0.4, -0.2) is 125 Å². The van der Waals surface area contributed by atoms with E-state index in [1.165, 1.54) is 0 Å². The van der Waals surface area contributed by atoms with Crippen molar-refractivity contribution >= 4 is 53.3 Å². The number of guanidine groups is 1. The zero-order chi connectivity index (χ0) is 34.9. The normalized spacial score (nSPS) is 14.6. The summed E-state index contributed by atoms with van der Waals surface area (Å²) in [5.74, 6) is -9.34. The number of carboxylic acid groups (broad SMARTS) is 1. The Balaban J connectivity index is 5.67. The van der Waals surface area contributed by atoms with Gasteiger partial charge in [-0.15, -0.1) is 0 Å². The predicted octanol–water partition coefficient (Wildman–Crippen LogP) is -8.16. The van der Waals surface area contributed by atoms with Crippen molar-refractivity contribution < 1.29 is 53.7 Å². The Morgan fingerprint density at radius 2 is 1.29 bits per heavy atom. The van der Waals surface area contributed by atoms with E-state index in [1.807, 2.05) is 0 Å². The number of carbonyl (C=O) groups is 8. The highest BCUT2D eigenvalue weighted by molar-refractivity contribution is 5.97. The molecule has 0 radical (unpaired) electrons. The van der Waals surface area contributed by atoms with Crippen LogP contribution in [0.1, 0.15) is 32.6 Å². The van der Waals surface area contributed by atoms with E-state index in [1.54, 1.807) is 0 Å². The summed E-state index contributed by atoms with van der Waals surface area (Å²) in [6.45, 7) is -0.380. The number of carboxylic acids is 1. The second-order valence-electron chi connectivity index (χ2n) is 9.64. The first kappa shape index (κ1) is 39.9. The van der Waals surface area contributed by atoms with Crippen LogP contribution in [0.25, 0.3) is 0 Å². The summed E-state index contributed by atoms with van der Waals surface area (Å²) in [6, 6.07) is -7.93. The number of aliphatic hydroxyl groups is 2. The third-order valence-electron chi connectivity index (χ3n) is 5.71. The third-order valence-corrected chi connectivity index (χ3v) is 5.71. The molecular weight excluding hydrogens is 606 g/mol. The molecule has 0 aromatic heterocycles. The van der Waals surface area contributed by atoms with Crippen molar-refractivity contribution in [2.24, 2.45) is 22.9 Å². The van der Waals surface area contributed by atoms with Crippen LogP contribution < -0.4 is 54.8 Å². The lowest BCUT2D eigenvalue weighted by Gasteiger charge is -2.24. The van der Waals surface area contributed by atoms with Gasteiger partial charge in [0.05, 0.1) is 32.1 Å². The monoisotopic (exact) mass is 647 g/mol. The fraction of sp³-hybridized carbons (Fsp3) is 0.609. The van der Waals surface area contributed by atoms with Gasteiger partial charge in [-0.2, -0.15) is 0 Å². The molecule has 18 N–H and O–H groups in total. The number of rotatable bonds is 21. The zero-order valence-corrected chi connectivity index (χ0v) is 24.3. The highest BCUT2D eigenvalue weighted by Crippen LogP contribution is 2.03. The molecule has 0 aromatic carbocycles. The number of primary amides is 2. The molecule has 22 heteroatoms. The minimum atomic E-state index is -1.75. The summed E-state index contributed by atoms with van der Waals surface area (Å²) in [5, 5.41) is 48.4. The van der Waals surface area contributed by atoms with E-state index >= 15 is 0 Å². The molecule has 6 atom stereocenters. The fourth-order valence-electron chi connectivity index (χ4n) is 3.43. The highest BCUT2D eigenvalue weighted by Gasteiger charge is 2.32. The van der Waals surface area contributed by atoms with E-state index in [0.717, 1.165) is 6.92 Å². The number of aliphatic carboxylic acids is 1. The van der Waals surface area contributed by atoms with Crippen molar-refractivity contribution in [3.8, 4) is 0 Å². The maximum atomic E-state index is 13.0. The lowest BCUT2D eigenvalue weighted by Crippen LogP contribution is -2.59. The molecule has 0 spiro atoms. The van der Waals surface area contributed by atoms with Gasteiger partial charge in [-0.3, -0.25) is 39.0 Å². The number of amides is 7. The first-order valence-corrected chi connectivity index (χ1v) is 13.3. The first-order chi connectivity index (χ1) is 20.9. The number of hydrogen-bond donors (Lipinski definition) is 14. The molecule has 7 amide bonds. The van der Waals surface area contributed by atoms with Crippen molar-refractivity contribution in [3.63, 3.8) is 0 Å². The van der Waals surface area contributed by atoms with E-state index in [0.29, 0.717) is 0 Å². The number of nitrogens with two attached hydrogens (primary N) is 4. The number of carbonyl (C=O) groups excluding carboxylic acids is 7. The Bertz CT molecular complexity index is 1120. The molecule has 0 rings (SSSR count). The molecule has 0 fully saturated rings. The largest absolute Gasteiger partial charge is 0.480 e. The van der Waals surface area contributed by atoms with Gasteiger partial charge in [-0.05, 0) is 19.8 Å². The van der Waals surface area contributed by atoms with Crippen molar-refractivity contribution in [1.29, 1.82) is 5.41 Å². The van der Waals surface area contributed by atoms with Crippen LogP contribution in [0.2, 0.25) is 0 Å². The standard InChI is InChI=1S/C23H41N11O11/c1-9(36)17(34-18(40)10(24)8-35)21(43)30-7-16(39)31-12(5-14(25)37)20(42)32-11(3-2-4-29-23(27)28)19(41)33-13(22(44)45)6-15(26)38/h9-13,17,35-36H,2-8,24H2,1H3,(H2,25,37)(H2,26,38)(H,30,43)(H,31,39)(H,32,42)(H,33,41)(H,34,40)(H,44,45)(H4,27,28,29)/t9-,10+,11+,12+,13+,17+/m1/s1. The van der Waals surface area contributed by atoms with Gasteiger partial charge in [0.2, 0.25) is 41.4 Å². The molecule has 0 saturated carbocycles. The number of nitrogens with one attached hydrogen (secondary N) is 7. The molecule has 45 heavy (non-hydrogen) atoms. The Morgan fingerprint density at radius 1 is 0.756 bits per heavy atom. The van der Waals surface area contributed by atoms with E-state index in [-0.39, 0.29) is 25.3 Å². The van der Waals surface area contributed by atoms with Gasteiger partial charge in [0.15, 0.2) is 5.96 Å². The number of hydrogen-bond acceptors (Lipinski definition) is 12. The van der Waals surface area contributed by atoms with E-state index in [9.17, 15) is 48.6 Å². The van der Waals surface area contributed by atoms with Crippen molar-refractivity contribution in [2.45, 2.75) is 68.9 Å². The van der Waals surface area contributed by atoms with E-state index < -0.39 is 110 Å². The molecule has 0 aliphatic carbocycles. The maximum Gasteiger partial charge on any atom is 0.326 e. The van der Waals surface area contributed by atoms with Gasteiger partial charge in [-0.1, -0.05) is 0 Å². The molecule has 254 valence electrons. The zero-order valence-electron chi connectivity index (χ0n) is 24.3. The van der Waals surface area contributed by atoms with Gasteiger partial charge in [0.25, 0.3) is 0 Å². The van der Waals surface area contributed by atoms with Crippen LogP contribution in [-0.2, 0) is 38.4 Å². The van der Waals surface area contributed by atoms with Crippen LogP contribution in [0.4, 0.5) is 0 Å². The Labute approximate surface area is 256 Å². The summed E-state index contributed by atoms with van der Waals surface area (Å²) in [5.41, 5.74) is 20.8. The van der Waals surface area contributed by atoms with Gasteiger partial charge in [0, 0.05) is 6.54 Å². The Kier molecular flexibility index (Phi) is 17.7. The number of aliphatic hydroxyl groups excluding tert-OH is 2. The first-order valence-electron chi connectivity index (χ1n) is 13.3. The quantitative estimate of drug-likeness (QED) is 0.0312. The summed E-state index contributed by atoms with van der Waals surface area (Å²) in [7, 11) is 0. The molecule has 0 aromatic rings. The molecule has 0 heterocycles. The summed E-state index contributed by atoms with van der Waals surface area (Å²) in [4.78, 5) is 97.1. The fourth-order valence-corrected chi connectivity index (χ4v) is 3.43. The van der Waals surface area contributed by atoms with E-state index in [2.05, 4.69) is 31.9 Å². The van der Waals surface area contributed by atoms with Crippen molar-refractivity contribution in [2.75, 3.05) is 19.7 Å². The van der Waals surface area contributed by atoms with Crippen LogP contribution >= 0.6 is 0 Å². The van der Waals surface area contributed by atoms with Crippen LogP contribution in [0, 0.1) is 5.41 Å². The summed E-state index contributed by atoms with van der Waals surface area (Å²) >= 11 is 0. The second-order valence-corrected chi connectivity index (χ2v) is 9.64. The maximum absolute atomic E-state index is 13.0.